The van der Waals surface area contributed by atoms with E-state index in [4.69, 9.17) is 9.47 Å². The van der Waals surface area contributed by atoms with Crippen LogP contribution in [0.2, 0.25) is 0 Å². The molecule has 0 spiro atoms. The molecule has 172 valence electrons. The van der Waals surface area contributed by atoms with Gasteiger partial charge >= 0.3 is 0 Å². The second-order valence-electron chi connectivity index (χ2n) is 8.95. The summed E-state index contributed by atoms with van der Waals surface area (Å²) in [4.78, 5) is 31.7. The third kappa shape index (κ3) is 3.60. The maximum absolute atomic E-state index is 12.5. The number of pyridine rings is 1. The summed E-state index contributed by atoms with van der Waals surface area (Å²) in [6.07, 6.45) is 6.01. The Hall–Kier alpha value is -3.19. The van der Waals surface area contributed by atoms with E-state index in [0.717, 1.165) is 48.1 Å². The SMILES string of the molecule is C=C[C@H]1CN2CC[C@H]1C[C@H]2[C@@H](Nc1c(OCC)c(=O)c1=O)c1ccnc2ccc(OC)cc12. The molecule has 3 saturated heterocycles. The fraction of sp³-hybridized carbons (Fsp3) is 0.423. The van der Waals surface area contributed by atoms with Crippen molar-refractivity contribution in [3.8, 4) is 11.5 Å². The lowest BCUT2D eigenvalue weighted by atomic mass is 9.73. The van der Waals surface area contributed by atoms with Gasteiger partial charge in [0.2, 0.25) is 0 Å². The number of fused-ring (bicyclic) bond motifs is 4. The number of piperidine rings is 3. The summed E-state index contributed by atoms with van der Waals surface area (Å²) >= 11 is 0. The molecular weight excluding hydrogens is 418 g/mol. The molecule has 6 rings (SSSR count). The molecule has 33 heavy (non-hydrogen) atoms. The van der Waals surface area contributed by atoms with Gasteiger partial charge in [-0.1, -0.05) is 6.08 Å². The van der Waals surface area contributed by atoms with E-state index in [0.29, 0.717) is 18.4 Å². The predicted molar refractivity (Wildman–Crippen MR) is 129 cm³/mol. The topological polar surface area (TPSA) is 80.8 Å². The van der Waals surface area contributed by atoms with Crippen molar-refractivity contribution in [3.63, 3.8) is 0 Å². The molecule has 0 aliphatic carbocycles. The quantitative estimate of drug-likeness (QED) is 0.419. The van der Waals surface area contributed by atoms with E-state index in [-0.39, 0.29) is 23.5 Å². The Labute approximate surface area is 192 Å². The van der Waals surface area contributed by atoms with Crippen LogP contribution >= 0.6 is 0 Å². The van der Waals surface area contributed by atoms with Crippen molar-refractivity contribution in [1.82, 2.24) is 9.88 Å². The van der Waals surface area contributed by atoms with Crippen LogP contribution in [0.3, 0.4) is 0 Å². The lowest BCUT2D eigenvalue weighted by Crippen LogP contribution is -2.56. The van der Waals surface area contributed by atoms with Crippen LogP contribution in [0.4, 0.5) is 5.69 Å². The summed E-state index contributed by atoms with van der Waals surface area (Å²) in [5.41, 5.74) is 1.09. The van der Waals surface area contributed by atoms with Gasteiger partial charge in [-0.05, 0) is 68.0 Å². The number of methoxy groups -OCH3 is 1. The summed E-state index contributed by atoms with van der Waals surface area (Å²) in [5, 5.41) is 4.42. The smallest absolute Gasteiger partial charge is 0.272 e. The Morgan fingerprint density at radius 1 is 1.30 bits per heavy atom. The van der Waals surface area contributed by atoms with Crippen LogP contribution in [0.25, 0.3) is 10.9 Å². The molecule has 0 radical (unpaired) electrons. The van der Waals surface area contributed by atoms with E-state index >= 15 is 0 Å². The molecule has 1 aromatic heterocycles. The second kappa shape index (κ2) is 8.63. The first-order valence-electron chi connectivity index (χ1n) is 11.6. The summed E-state index contributed by atoms with van der Waals surface area (Å²) < 4.78 is 11.0. The molecule has 0 saturated carbocycles. The molecule has 2 bridgehead atoms. The van der Waals surface area contributed by atoms with Gasteiger partial charge in [-0.15, -0.1) is 6.58 Å². The zero-order valence-electron chi connectivity index (χ0n) is 19.0. The summed E-state index contributed by atoms with van der Waals surface area (Å²) in [7, 11) is 1.64. The lowest BCUT2D eigenvalue weighted by Gasteiger charge is -2.52. The van der Waals surface area contributed by atoms with E-state index in [9.17, 15) is 9.59 Å². The third-order valence-corrected chi connectivity index (χ3v) is 7.31. The van der Waals surface area contributed by atoms with Crippen LogP contribution in [0, 0.1) is 11.8 Å². The molecule has 7 heteroatoms. The molecule has 0 amide bonds. The van der Waals surface area contributed by atoms with Crippen LogP contribution in [-0.2, 0) is 0 Å². The fourth-order valence-corrected chi connectivity index (χ4v) is 5.59. The summed E-state index contributed by atoms with van der Waals surface area (Å²) in [5.74, 6) is 1.93. The normalized spacial score (nSPS) is 25.2. The first-order chi connectivity index (χ1) is 16.0. The van der Waals surface area contributed by atoms with Gasteiger partial charge in [0.05, 0.1) is 25.3 Å². The van der Waals surface area contributed by atoms with E-state index in [1.54, 1.807) is 13.3 Å². The molecule has 3 aromatic rings. The number of hydrogen-bond donors (Lipinski definition) is 1. The third-order valence-electron chi connectivity index (χ3n) is 7.31. The average Bonchev–Trinajstić information content (AvgIpc) is 2.87. The van der Waals surface area contributed by atoms with Crippen molar-refractivity contribution < 1.29 is 9.47 Å². The van der Waals surface area contributed by atoms with Crippen LogP contribution in [-0.4, -0.2) is 42.7 Å². The van der Waals surface area contributed by atoms with E-state index in [2.05, 4.69) is 27.9 Å². The fourth-order valence-electron chi connectivity index (χ4n) is 5.59. The van der Waals surface area contributed by atoms with E-state index in [1.807, 2.05) is 31.2 Å². The second-order valence-corrected chi connectivity index (χ2v) is 8.95. The molecule has 7 nitrogen and oxygen atoms in total. The molecule has 4 heterocycles. The van der Waals surface area contributed by atoms with Gasteiger partial charge in [0.1, 0.15) is 11.4 Å². The number of rotatable bonds is 8. The number of ether oxygens (including phenoxy) is 2. The Bertz CT molecular complexity index is 1260. The van der Waals surface area contributed by atoms with Crippen molar-refractivity contribution in [2.75, 3.05) is 32.1 Å². The van der Waals surface area contributed by atoms with Crippen LogP contribution in [0.5, 0.6) is 11.5 Å². The van der Waals surface area contributed by atoms with E-state index < -0.39 is 10.9 Å². The molecule has 1 N–H and O–H groups in total. The minimum Gasteiger partial charge on any atom is -0.497 e. The maximum Gasteiger partial charge on any atom is 0.272 e. The van der Waals surface area contributed by atoms with Crippen molar-refractivity contribution >= 4 is 16.6 Å². The Morgan fingerprint density at radius 3 is 2.85 bits per heavy atom. The Morgan fingerprint density at radius 2 is 2.15 bits per heavy atom. The lowest BCUT2D eigenvalue weighted by molar-refractivity contribution is 0.0105. The minimum absolute atomic E-state index is 0.142. The van der Waals surface area contributed by atoms with Gasteiger partial charge in [0, 0.05) is 24.2 Å². The highest BCUT2D eigenvalue weighted by Gasteiger charge is 2.43. The number of nitrogens with zero attached hydrogens (tertiary/aromatic N) is 2. The highest BCUT2D eigenvalue weighted by molar-refractivity contribution is 5.84. The number of hydrogen-bond acceptors (Lipinski definition) is 7. The highest BCUT2D eigenvalue weighted by Crippen LogP contribution is 2.43. The minimum atomic E-state index is -0.559. The molecule has 3 fully saturated rings. The van der Waals surface area contributed by atoms with Gasteiger partial charge in [0.25, 0.3) is 10.9 Å². The molecule has 5 atom stereocenters. The number of anilines is 1. The molecule has 3 aliphatic rings. The van der Waals surface area contributed by atoms with Crippen molar-refractivity contribution in [3.05, 3.63) is 69.1 Å². The Balaban J connectivity index is 1.61. The van der Waals surface area contributed by atoms with Crippen molar-refractivity contribution in [2.45, 2.75) is 31.8 Å². The average molecular weight is 448 g/mol. The largest absolute Gasteiger partial charge is 0.497 e. The van der Waals surface area contributed by atoms with Crippen LogP contribution in [0.1, 0.15) is 31.4 Å². The zero-order chi connectivity index (χ0) is 23.1. The predicted octanol–water partition coefficient (Wildman–Crippen LogP) is 3.29. The van der Waals surface area contributed by atoms with Crippen LogP contribution in [0.15, 0.2) is 52.7 Å². The molecule has 1 unspecified atom stereocenters. The number of nitrogens with one attached hydrogen (secondary N) is 1. The monoisotopic (exact) mass is 447 g/mol. The summed E-state index contributed by atoms with van der Waals surface area (Å²) in [6, 6.07) is 7.78. The number of benzene rings is 1. The maximum atomic E-state index is 12.5. The zero-order valence-corrected chi connectivity index (χ0v) is 19.0. The van der Waals surface area contributed by atoms with Gasteiger partial charge in [-0.25, -0.2) is 0 Å². The van der Waals surface area contributed by atoms with Crippen molar-refractivity contribution in [2.24, 2.45) is 11.8 Å². The Kier molecular flexibility index (Phi) is 5.66. The highest BCUT2D eigenvalue weighted by atomic mass is 16.5. The van der Waals surface area contributed by atoms with Gasteiger partial charge in [-0.2, -0.15) is 0 Å². The van der Waals surface area contributed by atoms with Crippen molar-refractivity contribution in [1.29, 1.82) is 0 Å². The number of aromatic nitrogens is 1. The standard InChI is InChI=1S/C26H29N3O4/c1-4-15-14-29-11-9-16(15)12-21(29)22(28-23-24(30)25(31)26(23)33-5-2)18-8-10-27-20-7-6-17(32-3)13-19(18)20/h4,6-8,10,13,15-16,21-22,28H,1,5,9,11-12,14H2,2-3H3/t15-,16-,21-,22-/m0/s1. The van der Waals surface area contributed by atoms with Gasteiger partial charge < -0.3 is 14.8 Å². The summed E-state index contributed by atoms with van der Waals surface area (Å²) in [6.45, 7) is 8.14. The van der Waals surface area contributed by atoms with Gasteiger partial charge in [0.15, 0.2) is 5.75 Å². The van der Waals surface area contributed by atoms with Gasteiger partial charge in [-0.3, -0.25) is 19.5 Å². The first kappa shape index (κ1) is 21.6. The molecule has 3 aliphatic heterocycles. The molecule has 2 aromatic carbocycles. The molecular formula is C26H29N3O4. The van der Waals surface area contributed by atoms with E-state index in [1.165, 1.54) is 0 Å². The first-order valence-corrected chi connectivity index (χ1v) is 11.6. The van der Waals surface area contributed by atoms with Crippen LogP contribution < -0.4 is 25.6 Å².